The van der Waals surface area contributed by atoms with E-state index in [-0.39, 0.29) is 5.56 Å². The van der Waals surface area contributed by atoms with Crippen molar-refractivity contribution in [2.45, 2.75) is 13.8 Å². The first-order valence-corrected chi connectivity index (χ1v) is 9.65. The Morgan fingerprint density at radius 3 is 2.35 bits per heavy atom. The van der Waals surface area contributed by atoms with Gasteiger partial charge in [0.2, 0.25) is 10.0 Å². The standard InChI is InChI=1S/C18H20FN3O3S/c1-13-7-6-8-14(2)18(13)22(26(3,24)25)12-17(23)21-20-11-15-9-4-5-10-16(15)19/h4-11H,12H2,1-3H3,(H,21,23)/b20-11-. The Labute approximate surface area is 152 Å². The van der Waals surface area contributed by atoms with Crippen LogP contribution in [0.1, 0.15) is 16.7 Å². The smallest absolute Gasteiger partial charge is 0.260 e. The Bertz CT molecular complexity index is 922. The normalized spacial score (nSPS) is 11.5. The monoisotopic (exact) mass is 377 g/mol. The number of hydrogen-bond acceptors (Lipinski definition) is 4. The summed E-state index contributed by atoms with van der Waals surface area (Å²) in [4.78, 5) is 12.1. The summed E-state index contributed by atoms with van der Waals surface area (Å²) in [6.07, 6.45) is 2.20. The van der Waals surface area contributed by atoms with Crippen LogP contribution in [-0.2, 0) is 14.8 Å². The number of benzene rings is 2. The van der Waals surface area contributed by atoms with Crippen molar-refractivity contribution in [3.8, 4) is 0 Å². The number of nitrogens with zero attached hydrogens (tertiary/aromatic N) is 2. The molecule has 0 saturated carbocycles. The molecule has 138 valence electrons. The van der Waals surface area contributed by atoms with Gasteiger partial charge in [0.1, 0.15) is 12.4 Å². The van der Waals surface area contributed by atoms with Crippen molar-refractivity contribution < 1.29 is 17.6 Å². The molecule has 0 spiro atoms. The third-order valence-corrected chi connectivity index (χ3v) is 4.79. The molecule has 0 radical (unpaired) electrons. The highest BCUT2D eigenvalue weighted by Gasteiger charge is 2.23. The van der Waals surface area contributed by atoms with Crippen molar-refractivity contribution in [2.24, 2.45) is 5.10 Å². The third kappa shape index (κ3) is 4.89. The lowest BCUT2D eigenvalue weighted by Crippen LogP contribution is -2.39. The Balaban J connectivity index is 2.17. The van der Waals surface area contributed by atoms with E-state index >= 15 is 0 Å². The van der Waals surface area contributed by atoms with Crippen LogP contribution in [0.3, 0.4) is 0 Å². The van der Waals surface area contributed by atoms with Gasteiger partial charge in [-0.05, 0) is 31.0 Å². The summed E-state index contributed by atoms with van der Waals surface area (Å²) in [5, 5.41) is 3.69. The van der Waals surface area contributed by atoms with Gasteiger partial charge in [-0.3, -0.25) is 9.10 Å². The van der Waals surface area contributed by atoms with E-state index in [1.54, 1.807) is 38.1 Å². The quantitative estimate of drug-likeness (QED) is 0.620. The van der Waals surface area contributed by atoms with Gasteiger partial charge in [0.15, 0.2) is 0 Å². The number of para-hydroxylation sites is 1. The number of halogens is 1. The van der Waals surface area contributed by atoms with Crippen LogP contribution in [0.25, 0.3) is 0 Å². The molecule has 0 aromatic heterocycles. The number of nitrogens with one attached hydrogen (secondary N) is 1. The molecule has 1 amide bonds. The lowest BCUT2D eigenvalue weighted by atomic mass is 10.1. The lowest BCUT2D eigenvalue weighted by molar-refractivity contribution is -0.119. The second kappa shape index (κ2) is 8.09. The van der Waals surface area contributed by atoms with Crippen LogP contribution in [0.4, 0.5) is 10.1 Å². The molecular formula is C18H20FN3O3S. The number of hydrazone groups is 1. The van der Waals surface area contributed by atoms with Crippen LogP contribution in [0.5, 0.6) is 0 Å². The molecule has 0 heterocycles. The van der Waals surface area contributed by atoms with E-state index in [0.29, 0.717) is 5.69 Å². The Morgan fingerprint density at radius 2 is 1.77 bits per heavy atom. The largest absolute Gasteiger partial charge is 0.271 e. The van der Waals surface area contributed by atoms with Crippen LogP contribution < -0.4 is 9.73 Å². The van der Waals surface area contributed by atoms with Gasteiger partial charge < -0.3 is 0 Å². The number of rotatable bonds is 6. The molecule has 2 aromatic carbocycles. The lowest BCUT2D eigenvalue weighted by Gasteiger charge is -2.25. The van der Waals surface area contributed by atoms with Crippen molar-refractivity contribution in [3.63, 3.8) is 0 Å². The van der Waals surface area contributed by atoms with Crippen molar-refractivity contribution in [1.82, 2.24) is 5.43 Å². The molecule has 8 heteroatoms. The highest BCUT2D eigenvalue weighted by atomic mass is 32.2. The average molecular weight is 377 g/mol. The van der Waals surface area contributed by atoms with Crippen LogP contribution in [-0.4, -0.2) is 33.3 Å². The fourth-order valence-corrected chi connectivity index (χ4v) is 3.45. The summed E-state index contributed by atoms with van der Waals surface area (Å²) in [6.45, 7) is 3.11. The zero-order valence-electron chi connectivity index (χ0n) is 14.7. The zero-order chi connectivity index (χ0) is 19.3. The molecule has 0 unspecified atom stereocenters. The Kier molecular flexibility index (Phi) is 6.10. The molecular weight excluding hydrogens is 357 g/mol. The minimum Gasteiger partial charge on any atom is -0.271 e. The number of aryl methyl sites for hydroxylation is 2. The van der Waals surface area contributed by atoms with Crippen molar-refractivity contribution in [1.29, 1.82) is 0 Å². The summed E-state index contributed by atoms with van der Waals surface area (Å²) in [5.41, 5.74) is 4.37. The maximum Gasteiger partial charge on any atom is 0.260 e. The molecule has 0 saturated heterocycles. The first kappa shape index (κ1) is 19.6. The van der Waals surface area contributed by atoms with Gasteiger partial charge in [-0.25, -0.2) is 18.2 Å². The topological polar surface area (TPSA) is 78.8 Å². The number of carbonyl (C=O) groups excluding carboxylic acids is 1. The number of carbonyl (C=O) groups is 1. The second-order valence-corrected chi connectivity index (χ2v) is 7.73. The summed E-state index contributed by atoms with van der Waals surface area (Å²) in [6, 6.07) is 11.3. The average Bonchev–Trinajstić information content (AvgIpc) is 2.54. The maximum absolute atomic E-state index is 13.5. The van der Waals surface area contributed by atoms with E-state index in [0.717, 1.165) is 27.9 Å². The molecule has 0 aliphatic rings. The first-order valence-electron chi connectivity index (χ1n) is 7.80. The molecule has 0 atom stereocenters. The summed E-state index contributed by atoms with van der Waals surface area (Å²) in [5.74, 6) is -1.11. The minimum absolute atomic E-state index is 0.211. The van der Waals surface area contributed by atoms with E-state index < -0.39 is 28.3 Å². The summed E-state index contributed by atoms with van der Waals surface area (Å²) in [7, 11) is -3.68. The molecule has 1 N–H and O–H groups in total. The highest BCUT2D eigenvalue weighted by Crippen LogP contribution is 2.26. The summed E-state index contributed by atoms with van der Waals surface area (Å²) >= 11 is 0. The number of amides is 1. The molecule has 6 nitrogen and oxygen atoms in total. The fraction of sp³-hybridized carbons (Fsp3) is 0.222. The minimum atomic E-state index is -3.68. The number of sulfonamides is 1. The molecule has 0 bridgehead atoms. The Morgan fingerprint density at radius 1 is 1.15 bits per heavy atom. The summed E-state index contributed by atoms with van der Waals surface area (Å²) < 4.78 is 38.9. The van der Waals surface area contributed by atoms with Gasteiger partial charge in [0.25, 0.3) is 5.91 Å². The molecule has 0 aliphatic heterocycles. The van der Waals surface area contributed by atoms with E-state index in [1.165, 1.54) is 12.1 Å². The van der Waals surface area contributed by atoms with Crippen LogP contribution in [0.2, 0.25) is 0 Å². The molecule has 2 aromatic rings. The van der Waals surface area contributed by atoms with Gasteiger partial charge in [-0.2, -0.15) is 5.10 Å². The van der Waals surface area contributed by atoms with Crippen LogP contribution in [0, 0.1) is 19.7 Å². The van der Waals surface area contributed by atoms with Gasteiger partial charge in [0, 0.05) is 5.56 Å². The van der Waals surface area contributed by atoms with E-state index in [1.807, 2.05) is 6.07 Å². The third-order valence-electron chi connectivity index (χ3n) is 3.67. The van der Waals surface area contributed by atoms with Crippen molar-refractivity contribution >= 4 is 27.8 Å². The predicted octanol–water partition coefficient (Wildman–Crippen LogP) is 2.36. The molecule has 26 heavy (non-hydrogen) atoms. The van der Waals surface area contributed by atoms with Crippen molar-refractivity contribution in [3.05, 3.63) is 65.0 Å². The second-order valence-electron chi connectivity index (χ2n) is 5.82. The van der Waals surface area contributed by atoms with Gasteiger partial charge in [0.05, 0.1) is 18.2 Å². The van der Waals surface area contributed by atoms with Crippen LogP contribution in [0.15, 0.2) is 47.6 Å². The molecule has 0 aliphatic carbocycles. The highest BCUT2D eigenvalue weighted by molar-refractivity contribution is 7.92. The Hall–Kier alpha value is -2.74. The molecule has 2 rings (SSSR count). The van der Waals surface area contributed by atoms with Crippen LogP contribution >= 0.6 is 0 Å². The van der Waals surface area contributed by atoms with E-state index in [2.05, 4.69) is 10.5 Å². The van der Waals surface area contributed by atoms with Gasteiger partial charge >= 0.3 is 0 Å². The zero-order valence-corrected chi connectivity index (χ0v) is 15.5. The first-order chi connectivity index (χ1) is 12.2. The van der Waals surface area contributed by atoms with Gasteiger partial charge in [-0.15, -0.1) is 0 Å². The van der Waals surface area contributed by atoms with Gasteiger partial charge in [-0.1, -0.05) is 36.4 Å². The molecule has 0 fully saturated rings. The van der Waals surface area contributed by atoms with E-state index in [4.69, 9.17) is 0 Å². The SMILES string of the molecule is Cc1cccc(C)c1N(CC(=O)N/N=C\c1ccccc1F)S(C)(=O)=O. The maximum atomic E-state index is 13.5. The fourth-order valence-electron chi connectivity index (χ4n) is 2.48. The number of anilines is 1. The van der Waals surface area contributed by atoms with E-state index in [9.17, 15) is 17.6 Å². The van der Waals surface area contributed by atoms with Crippen molar-refractivity contribution in [2.75, 3.05) is 17.1 Å². The predicted molar refractivity (Wildman–Crippen MR) is 100 cm³/mol. The number of hydrogen-bond donors (Lipinski definition) is 1.